The lowest BCUT2D eigenvalue weighted by Gasteiger charge is -2.07. The number of nitrogens with zero attached hydrogens (tertiary/aromatic N) is 5. The summed E-state index contributed by atoms with van der Waals surface area (Å²) in [7, 11) is 0. The molecule has 0 unspecified atom stereocenters. The van der Waals surface area contributed by atoms with Crippen molar-refractivity contribution >= 4 is 17.5 Å². The third-order valence-corrected chi connectivity index (χ3v) is 3.96. The van der Waals surface area contributed by atoms with Crippen molar-refractivity contribution in [2.24, 2.45) is 4.99 Å². The molecule has 3 aromatic heterocycles. The van der Waals surface area contributed by atoms with Gasteiger partial charge in [-0.15, -0.1) is 0 Å². The van der Waals surface area contributed by atoms with E-state index in [1.165, 1.54) is 12.4 Å². The molecule has 0 spiro atoms. The molecule has 6 nitrogen and oxygen atoms in total. The van der Waals surface area contributed by atoms with Crippen LogP contribution in [0.4, 0.5) is 0 Å². The molecule has 0 aliphatic rings. The van der Waals surface area contributed by atoms with Crippen LogP contribution in [0.1, 0.15) is 41.5 Å². The molecule has 140 valence electrons. The van der Waals surface area contributed by atoms with Crippen LogP contribution < -0.4 is 5.49 Å². The van der Waals surface area contributed by atoms with E-state index in [1.54, 1.807) is 18.3 Å². The van der Waals surface area contributed by atoms with Crippen molar-refractivity contribution in [2.75, 3.05) is 0 Å². The van der Waals surface area contributed by atoms with Gasteiger partial charge in [-0.25, -0.2) is 15.0 Å². The molecule has 0 aliphatic carbocycles. The average Bonchev–Trinajstić information content (AvgIpc) is 2.72. The van der Waals surface area contributed by atoms with Crippen LogP contribution in [-0.2, 0) is 6.54 Å². The molecule has 3 heterocycles. The van der Waals surface area contributed by atoms with Gasteiger partial charge in [-0.05, 0) is 36.1 Å². The number of hydrogen-bond acceptors (Lipinski definition) is 4. The van der Waals surface area contributed by atoms with Gasteiger partial charge in [0.1, 0.15) is 22.0 Å². The van der Waals surface area contributed by atoms with E-state index >= 15 is 0 Å². The Morgan fingerprint density at radius 2 is 2.04 bits per heavy atom. The van der Waals surface area contributed by atoms with Crippen LogP contribution in [0, 0.1) is 11.8 Å². The Labute approximate surface area is 168 Å². The molecule has 1 amide bonds. The highest BCUT2D eigenvalue weighted by Crippen LogP contribution is 2.06. The highest BCUT2D eigenvalue weighted by Gasteiger charge is 2.07. The fourth-order valence-electron chi connectivity index (χ4n) is 2.34. The predicted octanol–water partition coefficient (Wildman–Crippen LogP) is 3.27. The molecule has 0 radical (unpaired) electrons. The van der Waals surface area contributed by atoms with Gasteiger partial charge in [0, 0.05) is 18.8 Å². The summed E-state index contributed by atoms with van der Waals surface area (Å²) in [5.74, 6) is 5.45. The van der Waals surface area contributed by atoms with Crippen LogP contribution in [0.15, 0.2) is 60.1 Å². The third-order valence-electron chi connectivity index (χ3n) is 3.74. The number of carbonyl (C=O) groups is 1. The van der Waals surface area contributed by atoms with Gasteiger partial charge < -0.3 is 4.57 Å². The van der Waals surface area contributed by atoms with Crippen molar-refractivity contribution in [2.45, 2.75) is 26.3 Å². The van der Waals surface area contributed by atoms with E-state index in [9.17, 15) is 4.79 Å². The van der Waals surface area contributed by atoms with Crippen molar-refractivity contribution in [1.82, 2.24) is 19.5 Å². The minimum absolute atomic E-state index is 0.171. The van der Waals surface area contributed by atoms with Crippen molar-refractivity contribution in [3.63, 3.8) is 0 Å². The summed E-state index contributed by atoms with van der Waals surface area (Å²) in [6, 6.07) is 9.06. The molecule has 0 N–H and O–H groups in total. The molecule has 28 heavy (non-hydrogen) atoms. The Kier molecular flexibility index (Phi) is 6.66. The number of carbonyl (C=O) groups excluding carboxylic acids is 1. The van der Waals surface area contributed by atoms with E-state index in [-0.39, 0.29) is 5.69 Å². The molecule has 0 fully saturated rings. The Hall–Kier alpha value is -3.30. The van der Waals surface area contributed by atoms with Crippen molar-refractivity contribution in [3.8, 4) is 11.8 Å². The van der Waals surface area contributed by atoms with Crippen LogP contribution in [-0.4, -0.2) is 25.4 Å². The van der Waals surface area contributed by atoms with Gasteiger partial charge in [0.25, 0.3) is 5.91 Å². The second-order valence-corrected chi connectivity index (χ2v) is 6.32. The number of unbranched alkanes of at least 4 members (excludes halogenated alkanes) is 1. The summed E-state index contributed by atoms with van der Waals surface area (Å²) >= 11 is 5.83. The van der Waals surface area contributed by atoms with Crippen LogP contribution >= 0.6 is 11.6 Å². The number of amides is 1. The van der Waals surface area contributed by atoms with Crippen LogP contribution in [0.25, 0.3) is 0 Å². The topological polar surface area (TPSA) is 73.0 Å². The molecule has 3 aromatic rings. The molecule has 0 aromatic carbocycles. The standard InChI is InChI=1S/C21H18ClN5O/c1-2-3-4-7-17-13-24-18(14-23-17)21(28)26-20-8-5-6-11-27(20)15-16-9-10-19(22)25-12-16/h5-6,8-14H,2-3,15H2,1H3/b26-20+. The van der Waals surface area contributed by atoms with Crippen LogP contribution in [0.3, 0.4) is 0 Å². The Morgan fingerprint density at radius 1 is 1.14 bits per heavy atom. The lowest BCUT2D eigenvalue weighted by Crippen LogP contribution is -2.22. The molecule has 0 bridgehead atoms. The highest BCUT2D eigenvalue weighted by molar-refractivity contribution is 6.29. The molecule has 0 atom stereocenters. The van der Waals surface area contributed by atoms with Gasteiger partial charge in [-0.3, -0.25) is 4.79 Å². The predicted molar refractivity (Wildman–Crippen MR) is 106 cm³/mol. The second-order valence-electron chi connectivity index (χ2n) is 5.93. The van der Waals surface area contributed by atoms with Gasteiger partial charge in [0.15, 0.2) is 0 Å². The number of rotatable bonds is 4. The van der Waals surface area contributed by atoms with Gasteiger partial charge in [-0.2, -0.15) is 4.99 Å². The summed E-state index contributed by atoms with van der Waals surface area (Å²) in [6.07, 6.45) is 8.21. The SMILES string of the molecule is CCCC#Cc1cnc(C(=O)/N=c2\ccccn2Cc2ccc(Cl)nc2)cn1. The second kappa shape index (κ2) is 9.58. The van der Waals surface area contributed by atoms with Gasteiger partial charge in [0.2, 0.25) is 0 Å². The minimum Gasteiger partial charge on any atom is -0.328 e. The monoisotopic (exact) mass is 391 g/mol. The highest BCUT2D eigenvalue weighted by atomic mass is 35.5. The van der Waals surface area contributed by atoms with E-state index in [0.29, 0.717) is 22.9 Å². The number of halogens is 1. The van der Waals surface area contributed by atoms with Crippen LogP contribution in [0.2, 0.25) is 5.15 Å². The molecule has 0 saturated heterocycles. The molecule has 3 rings (SSSR count). The summed E-state index contributed by atoms with van der Waals surface area (Å²) in [4.78, 5) is 29.0. The quantitative estimate of drug-likeness (QED) is 0.505. The molecule has 0 saturated carbocycles. The van der Waals surface area contributed by atoms with Gasteiger partial charge in [0.05, 0.1) is 18.9 Å². The van der Waals surface area contributed by atoms with Gasteiger partial charge >= 0.3 is 0 Å². The third kappa shape index (κ3) is 5.35. The normalized spacial score (nSPS) is 11.0. The summed E-state index contributed by atoms with van der Waals surface area (Å²) in [6.45, 7) is 2.57. The number of aromatic nitrogens is 4. The Balaban J connectivity index is 1.82. The van der Waals surface area contributed by atoms with Crippen LogP contribution in [0.5, 0.6) is 0 Å². The van der Waals surface area contributed by atoms with E-state index in [2.05, 4.69) is 38.7 Å². The van der Waals surface area contributed by atoms with Crippen molar-refractivity contribution in [3.05, 3.63) is 82.7 Å². The van der Waals surface area contributed by atoms with E-state index < -0.39 is 5.91 Å². The van der Waals surface area contributed by atoms with Gasteiger partial charge in [-0.1, -0.05) is 36.6 Å². The minimum atomic E-state index is -0.463. The van der Waals surface area contributed by atoms with E-state index in [1.807, 2.05) is 29.0 Å². The fraction of sp³-hybridized carbons (Fsp3) is 0.190. The first-order valence-corrected chi connectivity index (χ1v) is 9.19. The number of hydrogen-bond donors (Lipinski definition) is 0. The average molecular weight is 392 g/mol. The smallest absolute Gasteiger partial charge is 0.299 e. The zero-order valence-corrected chi connectivity index (χ0v) is 16.1. The maximum Gasteiger partial charge on any atom is 0.299 e. The first-order chi connectivity index (χ1) is 13.7. The molecular weight excluding hydrogens is 374 g/mol. The van der Waals surface area contributed by atoms with E-state index in [4.69, 9.17) is 11.6 Å². The first-order valence-electron chi connectivity index (χ1n) is 8.81. The maximum atomic E-state index is 12.5. The molecule has 0 aliphatic heterocycles. The number of pyridine rings is 2. The Bertz CT molecular complexity index is 1080. The lowest BCUT2D eigenvalue weighted by molar-refractivity contribution is 0.0992. The summed E-state index contributed by atoms with van der Waals surface area (Å²) in [5, 5.41) is 0.434. The first kappa shape index (κ1) is 19.5. The zero-order valence-electron chi connectivity index (χ0n) is 15.3. The lowest BCUT2D eigenvalue weighted by atomic mass is 10.3. The largest absolute Gasteiger partial charge is 0.328 e. The maximum absolute atomic E-state index is 12.5. The summed E-state index contributed by atoms with van der Waals surface area (Å²) < 4.78 is 1.85. The fourth-order valence-corrected chi connectivity index (χ4v) is 2.45. The Morgan fingerprint density at radius 3 is 2.75 bits per heavy atom. The van der Waals surface area contributed by atoms with E-state index in [0.717, 1.165) is 18.4 Å². The van der Waals surface area contributed by atoms with Crippen molar-refractivity contribution in [1.29, 1.82) is 0 Å². The summed E-state index contributed by atoms with van der Waals surface area (Å²) in [5.41, 5.74) is 2.16. The molecule has 7 heteroatoms. The van der Waals surface area contributed by atoms with Crippen molar-refractivity contribution < 1.29 is 4.79 Å². The zero-order chi connectivity index (χ0) is 19.8. The molecular formula is C21H18ClN5O.